The highest BCUT2D eigenvalue weighted by Gasteiger charge is 2.13. The lowest BCUT2D eigenvalue weighted by Crippen LogP contribution is -2.02. The molecular formula is C26H22N10O. The monoisotopic (exact) mass is 490 g/mol. The molecule has 0 bridgehead atoms. The summed E-state index contributed by atoms with van der Waals surface area (Å²) in [7, 11) is 1.88. The van der Waals surface area contributed by atoms with Crippen LogP contribution in [0.1, 0.15) is 11.3 Å². The zero-order valence-electron chi connectivity index (χ0n) is 19.9. The summed E-state index contributed by atoms with van der Waals surface area (Å²) >= 11 is 0. The lowest BCUT2D eigenvalue weighted by molar-refractivity contribution is 0.302. The fourth-order valence-corrected chi connectivity index (χ4v) is 3.96. The fraction of sp³-hybridized carbons (Fsp3) is 0.115. The van der Waals surface area contributed by atoms with Crippen LogP contribution >= 0.6 is 0 Å². The van der Waals surface area contributed by atoms with E-state index in [0.717, 1.165) is 39.0 Å². The number of anilines is 2. The van der Waals surface area contributed by atoms with Gasteiger partial charge in [0.15, 0.2) is 0 Å². The van der Waals surface area contributed by atoms with Crippen molar-refractivity contribution in [2.75, 3.05) is 5.32 Å². The molecule has 1 N–H and O–H groups in total. The fourth-order valence-electron chi connectivity index (χ4n) is 3.96. The van der Waals surface area contributed by atoms with Gasteiger partial charge in [-0.1, -0.05) is 12.1 Å². The van der Waals surface area contributed by atoms with Gasteiger partial charge in [0.2, 0.25) is 5.95 Å². The van der Waals surface area contributed by atoms with Gasteiger partial charge in [0.1, 0.15) is 25.0 Å². The van der Waals surface area contributed by atoms with E-state index in [0.29, 0.717) is 18.2 Å². The largest absolute Gasteiger partial charge is 0.487 e. The Balaban J connectivity index is 1.30. The molecule has 0 aliphatic rings. The van der Waals surface area contributed by atoms with Crippen molar-refractivity contribution in [1.29, 1.82) is 0 Å². The van der Waals surface area contributed by atoms with Crippen LogP contribution in [0.2, 0.25) is 0 Å². The molecule has 2 aromatic carbocycles. The average Bonchev–Trinajstić information content (AvgIpc) is 3.59. The van der Waals surface area contributed by atoms with E-state index in [9.17, 15) is 0 Å². The Bertz CT molecular complexity index is 1650. The van der Waals surface area contributed by atoms with E-state index in [1.807, 2.05) is 49.6 Å². The number of nitrogens with zero attached hydrogens (tertiary/aromatic N) is 9. The van der Waals surface area contributed by atoms with Crippen molar-refractivity contribution in [1.82, 2.24) is 44.5 Å². The predicted octanol–water partition coefficient (Wildman–Crippen LogP) is 3.78. The minimum atomic E-state index is 0.279. The zero-order chi connectivity index (χ0) is 25.0. The Kier molecular flexibility index (Phi) is 5.91. The molecule has 0 saturated carbocycles. The molecule has 0 aliphatic heterocycles. The van der Waals surface area contributed by atoms with Crippen LogP contribution in [-0.4, -0.2) is 44.5 Å². The average molecular weight is 491 g/mol. The van der Waals surface area contributed by atoms with Gasteiger partial charge in [0.25, 0.3) is 0 Å². The molecule has 6 rings (SSSR count). The minimum absolute atomic E-state index is 0.279. The van der Waals surface area contributed by atoms with Crippen molar-refractivity contribution in [2.45, 2.75) is 13.2 Å². The standard InChI is InChI=1S/C26H22N10O/c1-35-14-20(11-31-35)23-8-19-10-30-26(33-21-4-2-3-18(7-21)13-36-17-28-16-32-36)34-24(19)9-25(23)37-15-22-12-27-5-6-29-22/h2-12,14,16-17H,13,15H2,1H3,(H,30,33,34). The van der Waals surface area contributed by atoms with Crippen molar-refractivity contribution in [3.63, 3.8) is 0 Å². The molecule has 182 valence electrons. The van der Waals surface area contributed by atoms with Crippen molar-refractivity contribution in [2.24, 2.45) is 7.05 Å². The van der Waals surface area contributed by atoms with Gasteiger partial charge in [-0.15, -0.1) is 0 Å². The van der Waals surface area contributed by atoms with Crippen molar-refractivity contribution < 1.29 is 4.74 Å². The highest BCUT2D eigenvalue weighted by Crippen LogP contribution is 2.34. The van der Waals surface area contributed by atoms with Crippen LogP contribution < -0.4 is 10.1 Å². The summed E-state index contributed by atoms with van der Waals surface area (Å²) in [6.07, 6.45) is 13.7. The van der Waals surface area contributed by atoms with E-state index in [1.54, 1.807) is 46.7 Å². The van der Waals surface area contributed by atoms with E-state index >= 15 is 0 Å². The summed E-state index contributed by atoms with van der Waals surface area (Å²) in [5, 5.41) is 12.7. The molecule has 11 nitrogen and oxygen atoms in total. The molecule has 4 heterocycles. The first-order valence-corrected chi connectivity index (χ1v) is 11.6. The van der Waals surface area contributed by atoms with E-state index in [-0.39, 0.29) is 6.61 Å². The smallest absolute Gasteiger partial charge is 0.227 e. The summed E-state index contributed by atoms with van der Waals surface area (Å²) in [5.74, 6) is 1.16. The first kappa shape index (κ1) is 22.3. The maximum Gasteiger partial charge on any atom is 0.227 e. The van der Waals surface area contributed by atoms with Gasteiger partial charge in [-0.25, -0.2) is 19.6 Å². The Morgan fingerprint density at radius 3 is 2.76 bits per heavy atom. The maximum absolute atomic E-state index is 6.19. The third-order valence-corrected chi connectivity index (χ3v) is 5.68. The van der Waals surface area contributed by atoms with Crippen LogP contribution in [-0.2, 0) is 20.2 Å². The van der Waals surface area contributed by atoms with E-state index in [4.69, 9.17) is 9.72 Å². The second kappa shape index (κ2) is 9.82. The molecule has 0 saturated heterocycles. The number of nitrogens with one attached hydrogen (secondary N) is 1. The zero-order valence-corrected chi connectivity index (χ0v) is 19.9. The highest BCUT2D eigenvalue weighted by atomic mass is 16.5. The molecule has 0 amide bonds. The quantitative estimate of drug-likeness (QED) is 0.340. The number of hydrogen-bond acceptors (Lipinski definition) is 9. The first-order valence-electron chi connectivity index (χ1n) is 11.6. The van der Waals surface area contributed by atoms with Crippen LogP contribution in [0.3, 0.4) is 0 Å². The van der Waals surface area contributed by atoms with E-state index < -0.39 is 0 Å². The van der Waals surface area contributed by atoms with Gasteiger partial charge in [0.05, 0.1) is 30.1 Å². The van der Waals surface area contributed by atoms with Crippen molar-refractivity contribution in [3.05, 3.63) is 97.5 Å². The van der Waals surface area contributed by atoms with Crippen LogP contribution in [0, 0.1) is 0 Å². The molecule has 0 atom stereocenters. The summed E-state index contributed by atoms with van der Waals surface area (Å²) in [6, 6.07) is 12.0. The highest BCUT2D eigenvalue weighted by molar-refractivity contribution is 5.88. The Labute approximate surface area is 211 Å². The van der Waals surface area contributed by atoms with Crippen LogP contribution in [0.5, 0.6) is 5.75 Å². The molecular weight excluding hydrogens is 468 g/mol. The molecule has 0 unspecified atom stereocenters. The number of benzene rings is 2. The number of fused-ring (bicyclic) bond motifs is 1. The predicted molar refractivity (Wildman–Crippen MR) is 137 cm³/mol. The third kappa shape index (κ3) is 5.10. The lowest BCUT2D eigenvalue weighted by Gasteiger charge is -2.13. The molecule has 0 fully saturated rings. The van der Waals surface area contributed by atoms with Gasteiger partial charge in [-0.3, -0.25) is 14.6 Å². The van der Waals surface area contributed by atoms with Gasteiger partial charge >= 0.3 is 0 Å². The SMILES string of the molecule is Cn1cc(-c2cc3cnc(Nc4cccc(Cn5cncn5)c4)nc3cc2OCc2cnccn2)cn1. The molecule has 4 aromatic heterocycles. The Hall–Kier alpha value is -5.19. The second-order valence-corrected chi connectivity index (χ2v) is 8.41. The molecule has 0 spiro atoms. The van der Waals surface area contributed by atoms with Crippen LogP contribution in [0.4, 0.5) is 11.6 Å². The summed E-state index contributed by atoms with van der Waals surface area (Å²) in [4.78, 5) is 21.7. The molecule has 0 radical (unpaired) electrons. The molecule has 0 aliphatic carbocycles. The first-order chi connectivity index (χ1) is 18.2. The minimum Gasteiger partial charge on any atom is -0.487 e. The van der Waals surface area contributed by atoms with Crippen LogP contribution in [0.25, 0.3) is 22.0 Å². The molecule has 11 heteroatoms. The summed E-state index contributed by atoms with van der Waals surface area (Å²) < 4.78 is 9.71. The number of rotatable bonds is 8. The Morgan fingerprint density at radius 1 is 0.973 bits per heavy atom. The maximum atomic E-state index is 6.19. The topological polar surface area (TPSA) is 121 Å². The Morgan fingerprint density at radius 2 is 1.95 bits per heavy atom. The molecule has 6 aromatic rings. The number of aromatic nitrogens is 9. The number of aryl methyl sites for hydroxylation is 1. The van der Waals surface area contributed by atoms with Crippen molar-refractivity contribution in [3.8, 4) is 16.9 Å². The summed E-state index contributed by atoms with van der Waals surface area (Å²) in [5.41, 5.74) is 5.27. The number of hydrogen-bond donors (Lipinski definition) is 1. The van der Waals surface area contributed by atoms with E-state index in [2.05, 4.69) is 35.5 Å². The van der Waals surface area contributed by atoms with Gasteiger partial charge in [-0.2, -0.15) is 10.2 Å². The summed E-state index contributed by atoms with van der Waals surface area (Å²) in [6.45, 7) is 0.902. The third-order valence-electron chi connectivity index (χ3n) is 5.68. The van der Waals surface area contributed by atoms with Crippen LogP contribution in [0.15, 0.2) is 86.2 Å². The molecule has 37 heavy (non-hydrogen) atoms. The van der Waals surface area contributed by atoms with Gasteiger partial charge < -0.3 is 10.1 Å². The lowest BCUT2D eigenvalue weighted by atomic mass is 10.1. The number of ether oxygens (including phenoxy) is 1. The van der Waals surface area contributed by atoms with E-state index in [1.165, 1.54) is 6.33 Å². The van der Waals surface area contributed by atoms with Gasteiger partial charge in [-0.05, 0) is 23.8 Å². The van der Waals surface area contributed by atoms with Crippen molar-refractivity contribution >= 4 is 22.5 Å². The second-order valence-electron chi connectivity index (χ2n) is 8.41. The normalized spacial score (nSPS) is 11.1. The van der Waals surface area contributed by atoms with Gasteiger partial charge in [0, 0.05) is 60.1 Å².